The van der Waals surface area contributed by atoms with Gasteiger partial charge in [-0.05, 0) is 30.0 Å². The molecule has 0 spiro atoms. The van der Waals surface area contributed by atoms with Gasteiger partial charge in [0.1, 0.15) is 5.15 Å². The van der Waals surface area contributed by atoms with Gasteiger partial charge in [0.25, 0.3) is 0 Å². The largest absolute Gasteiger partial charge is 0.257 e. The molecular weight excluding hydrogens is 288 g/mol. The molecule has 108 valence electrons. The van der Waals surface area contributed by atoms with Gasteiger partial charge in [-0.2, -0.15) is 5.10 Å². The Bertz CT molecular complexity index is 594. The van der Waals surface area contributed by atoms with Gasteiger partial charge in [0.05, 0.1) is 5.69 Å². The molecule has 0 unspecified atom stereocenters. The molecule has 0 saturated carbocycles. The van der Waals surface area contributed by atoms with Crippen LogP contribution in [0.1, 0.15) is 37.6 Å². The number of aryl methyl sites for hydroxylation is 2. The van der Waals surface area contributed by atoms with Crippen molar-refractivity contribution in [3.63, 3.8) is 0 Å². The van der Waals surface area contributed by atoms with Crippen LogP contribution >= 0.6 is 23.4 Å². The minimum Gasteiger partial charge on any atom is -0.257 e. The van der Waals surface area contributed by atoms with Crippen molar-refractivity contribution in [2.45, 2.75) is 43.8 Å². The molecule has 0 aliphatic rings. The molecule has 0 N–H and O–H groups in total. The second kappa shape index (κ2) is 5.82. The van der Waals surface area contributed by atoms with Crippen molar-refractivity contribution in [3.05, 3.63) is 46.2 Å². The number of halogens is 1. The zero-order valence-corrected chi connectivity index (χ0v) is 14.3. The zero-order chi connectivity index (χ0) is 14.9. The molecule has 0 saturated heterocycles. The maximum absolute atomic E-state index is 6.25. The Kier molecular flexibility index (Phi) is 4.50. The Morgan fingerprint density at radius 2 is 1.80 bits per heavy atom. The minimum atomic E-state index is 0.201. The first kappa shape index (κ1) is 15.5. The lowest BCUT2D eigenvalue weighted by Crippen LogP contribution is -2.10. The van der Waals surface area contributed by atoms with E-state index in [4.69, 9.17) is 11.6 Å². The molecular formula is C16H21ClN2S. The van der Waals surface area contributed by atoms with Crippen LogP contribution in [0.25, 0.3) is 0 Å². The fraction of sp³-hybridized carbons (Fsp3) is 0.438. The Morgan fingerprint density at radius 1 is 1.20 bits per heavy atom. The van der Waals surface area contributed by atoms with E-state index in [1.54, 1.807) is 16.4 Å². The first-order valence-electron chi connectivity index (χ1n) is 6.70. The SMILES string of the molecule is Cc1nn(C)c(Cl)c1CSc1ccc(C(C)(C)C)cc1. The number of thioether (sulfide) groups is 1. The van der Waals surface area contributed by atoms with Crippen molar-refractivity contribution in [1.82, 2.24) is 9.78 Å². The minimum absolute atomic E-state index is 0.201. The average Bonchev–Trinajstić information content (AvgIpc) is 2.61. The number of hydrogen-bond donors (Lipinski definition) is 0. The molecule has 0 aliphatic heterocycles. The highest BCUT2D eigenvalue weighted by molar-refractivity contribution is 7.98. The second-order valence-corrected chi connectivity index (χ2v) is 7.45. The van der Waals surface area contributed by atoms with Crippen LogP contribution in [0.2, 0.25) is 5.15 Å². The van der Waals surface area contributed by atoms with Gasteiger partial charge < -0.3 is 0 Å². The fourth-order valence-corrected chi connectivity index (χ4v) is 3.35. The standard InChI is InChI=1S/C16H21ClN2S/c1-11-14(15(17)19(5)18-11)10-20-13-8-6-12(7-9-13)16(2,3)4/h6-9H,10H2,1-5H3. The number of benzene rings is 1. The number of nitrogens with zero attached hydrogens (tertiary/aromatic N) is 2. The number of rotatable bonds is 3. The predicted molar refractivity (Wildman–Crippen MR) is 87.7 cm³/mol. The molecule has 2 nitrogen and oxygen atoms in total. The smallest absolute Gasteiger partial charge is 0.131 e. The summed E-state index contributed by atoms with van der Waals surface area (Å²) < 4.78 is 1.73. The molecule has 4 heteroatoms. The molecule has 1 aromatic heterocycles. The van der Waals surface area contributed by atoms with Crippen LogP contribution in [0.5, 0.6) is 0 Å². The molecule has 2 rings (SSSR count). The molecule has 0 atom stereocenters. The van der Waals surface area contributed by atoms with Crippen molar-refractivity contribution in [2.24, 2.45) is 7.05 Å². The molecule has 0 amide bonds. The maximum atomic E-state index is 6.25. The highest BCUT2D eigenvalue weighted by Gasteiger charge is 2.14. The van der Waals surface area contributed by atoms with Gasteiger partial charge >= 0.3 is 0 Å². The number of hydrogen-bond acceptors (Lipinski definition) is 2. The zero-order valence-electron chi connectivity index (χ0n) is 12.7. The van der Waals surface area contributed by atoms with E-state index < -0.39 is 0 Å². The summed E-state index contributed by atoms with van der Waals surface area (Å²) in [5, 5.41) is 5.08. The average molecular weight is 309 g/mol. The van der Waals surface area contributed by atoms with Crippen LogP contribution in [0.3, 0.4) is 0 Å². The van der Waals surface area contributed by atoms with Gasteiger partial charge in [-0.15, -0.1) is 11.8 Å². The summed E-state index contributed by atoms with van der Waals surface area (Å²) in [4.78, 5) is 1.26. The van der Waals surface area contributed by atoms with Crippen LogP contribution < -0.4 is 0 Å². The lowest BCUT2D eigenvalue weighted by molar-refractivity contribution is 0.590. The molecule has 0 fully saturated rings. The summed E-state index contributed by atoms with van der Waals surface area (Å²) in [6.07, 6.45) is 0. The van der Waals surface area contributed by atoms with Gasteiger partial charge in [-0.3, -0.25) is 4.68 Å². The highest BCUT2D eigenvalue weighted by atomic mass is 35.5. The molecule has 1 heterocycles. The van der Waals surface area contributed by atoms with E-state index in [0.29, 0.717) is 0 Å². The predicted octanol–water partition coefficient (Wildman–Crippen LogP) is 4.97. The molecule has 0 aliphatic carbocycles. The molecule has 0 radical (unpaired) electrons. The normalized spacial score (nSPS) is 11.9. The van der Waals surface area contributed by atoms with E-state index in [0.717, 1.165) is 22.2 Å². The molecule has 0 bridgehead atoms. The van der Waals surface area contributed by atoms with E-state index in [9.17, 15) is 0 Å². The topological polar surface area (TPSA) is 17.8 Å². The van der Waals surface area contributed by atoms with Crippen molar-refractivity contribution in [1.29, 1.82) is 0 Å². The van der Waals surface area contributed by atoms with E-state index in [1.807, 2.05) is 14.0 Å². The van der Waals surface area contributed by atoms with E-state index in [2.05, 4.69) is 50.1 Å². The summed E-state index contributed by atoms with van der Waals surface area (Å²) in [5.41, 5.74) is 3.69. The molecule has 1 aromatic carbocycles. The third kappa shape index (κ3) is 3.39. The Balaban J connectivity index is 2.08. The maximum Gasteiger partial charge on any atom is 0.131 e. The summed E-state index contributed by atoms with van der Waals surface area (Å²) >= 11 is 8.05. The van der Waals surface area contributed by atoms with Gasteiger partial charge in [0, 0.05) is 23.3 Å². The van der Waals surface area contributed by atoms with Crippen molar-refractivity contribution < 1.29 is 0 Å². The molecule has 2 aromatic rings. The fourth-order valence-electron chi connectivity index (χ4n) is 2.04. The summed E-state index contributed by atoms with van der Waals surface area (Å²) in [6, 6.07) is 8.79. The second-order valence-electron chi connectivity index (χ2n) is 6.04. The Hall–Kier alpha value is -0.930. The summed E-state index contributed by atoms with van der Waals surface area (Å²) in [6.45, 7) is 8.69. The van der Waals surface area contributed by atoms with Crippen LogP contribution in [0.4, 0.5) is 0 Å². The lowest BCUT2D eigenvalue weighted by Gasteiger charge is -2.19. The highest BCUT2D eigenvalue weighted by Crippen LogP contribution is 2.30. The summed E-state index contributed by atoms with van der Waals surface area (Å²) in [5.74, 6) is 0.855. The molecule has 20 heavy (non-hydrogen) atoms. The van der Waals surface area contributed by atoms with Crippen LogP contribution in [0.15, 0.2) is 29.2 Å². The van der Waals surface area contributed by atoms with Gasteiger partial charge in [-0.1, -0.05) is 44.5 Å². The van der Waals surface area contributed by atoms with Gasteiger partial charge in [-0.25, -0.2) is 0 Å². The van der Waals surface area contributed by atoms with Crippen LogP contribution in [-0.2, 0) is 18.2 Å². The first-order chi connectivity index (χ1) is 9.29. The number of aromatic nitrogens is 2. The van der Waals surface area contributed by atoms with Crippen LogP contribution in [-0.4, -0.2) is 9.78 Å². The quantitative estimate of drug-likeness (QED) is 0.745. The van der Waals surface area contributed by atoms with E-state index >= 15 is 0 Å². The first-order valence-corrected chi connectivity index (χ1v) is 8.06. The summed E-state index contributed by atoms with van der Waals surface area (Å²) in [7, 11) is 1.88. The third-order valence-electron chi connectivity index (χ3n) is 3.37. The van der Waals surface area contributed by atoms with Crippen LogP contribution in [0, 0.1) is 6.92 Å². The van der Waals surface area contributed by atoms with Gasteiger partial charge in [0.15, 0.2) is 0 Å². The monoisotopic (exact) mass is 308 g/mol. The lowest BCUT2D eigenvalue weighted by atomic mass is 9.87. The van der Waals surface area contributed by atoms with Crippen molar-refractivity contribution in [2.75, 3.05) is 0 Å². The van der Waals surface area contributed by atoms with Gasteiger partial charge in [0.2, 0.25) is 0 Å². The Morgan fingerprint density at radius 3 is 2.25 bits per heavy atom. The van der Waals surface area contributed by atoms with Crippen molar-refractivity contribution >= 4 is 23.4 Å². The van der Waals surface area contributed by atoms with E-state index in [-0.39, 0.29) is 5.41 Å². The van der Waals surface area contributed by atoms with Crippen molar-refractivity contribution in [3.8, 4) is 0 Å². The Labute approximate surface area is 130 Å². The van der Waals surface area contributed by atoms with E-state index in [1.165, 1.54) is 10.5 Å². The third-order valence-corrected chi connectivity index (χ3v) is 4.88.